The molecule has 0 bridgehead atoms. The van der Waals surface area contributed by atoms with Gasteiger partial charge in [-0.05, 0) is 17.4 Å². The Morgan fingerprint density at radius 1 is 1.41 bits per heavy atom. The van der Waals surface area contributed by atoms with Gasteiger partial charge in [-0.3, -0.25) is 9.59 Å². The van der Waals surface area contributed by atoms with Gasteiger partial charge in [-0.1, -0.05) is 25.1 Å². The zero-order valence-electron chi connectivity index (χ0n) is 12.1. The van der Waals surface area contributed by atoms with Gasteiger partial charge in [0.15, 0.2) is 0 Å². The van der Waals surface area contributed by atoms with Gasteiger partial charge in [0.1, 0.15) is 5.82 Å². The molecular formula is C15H17N3O3S. The van der Waals surface area contributed by atoms with Gasteiger partial charge >= 0.3 is 0 Å². The van der Waals surface area contributed by atoms with Crippen LogP contribution in [0.2, 0.25) is 0 Å². The molecular weight excluding hydrogens is 302 g/mol. The van der Waals surface area contributed by atoms with E-state index in [-0.39, 0.29) is 24.2 Å². The molecule has 6 nitrogen and oxygen atoms in total. The Bertz CT molecular complexity index is 715. The topological polar surface area (TPSA) is 95.1 Å². The van der Waals surface area contributed by atoms with Gasteiger partial charge in [0, 0.05) is 11.3 Å². The Balaban J connectivity index is 2.07. The van der Waals surface area contributed by atoms with Crippen molar-refractivity contribution in [3.8, 4) is 5.88 Å². The molecule has 3 N–H and O–H groups in total. The van der Waals surface area contributed by atoms with E-state index in [2.05, 4.69) is 22.2 Å². The van der Waals surface area contributed by atoms with Crippen molar-refractivity contribution in [1.29, 1.82) is 0 Å². The molecule has 0 unspecified atom stereocenters. The van der Waals surface area contributed by atoms with Crippen LogP contribution in [0.15, 0.2) is 35.1 Å². The molecule has 2 aromatic rings. The summed E-state index contributed by atoms with van der Waals surface area (Å²) in [5.41, 5.74) is 1.10. The van der Waals surface area contributed by atoms with Crippen molar-refractivity contribution in [3.63, 3.8) is 0 Å². The summed E-state index contributed by atoms with van der Waals surface area (Å²) in [6.07, 6.45) is 0. The summed E-state index contributed by atoms with van der Waals surface area (Å²) in [5, 5.41) is 12.0. The highest BCUT2D eigenvalue weighted by Crippen LogP contribution is 2.16. The fourth-order valence-corrected chi connectivity index (χ4v) is 2.59. The third kappa shape index (κ3) is 4.36. The Kier molecular flexibility index (Phi) is 5.60. The number of thioether (sulfide) groups is 1. The van der Waals surface area contributed by atoms with Crippen molar-refractivity contribution in [2.75, 3.05) is 5.75 Å². The molecule has 0 spiro atoms. The van der Waals surface area contributed by atoms with E-state index in [0.29, 0.717) is 5.56 Å². The van der Waals surface area contributed by atoms with E-state index < -0.39 is 5.56 Å². The minimum atomic E-state index is -0.462. The maximum atomic E-state index is 12.3. The van der Waals surface area contributed by atoms with Crippen LogP contribution in [-0.4, -0.2) is 26.7 Å². The SMILES string of the molecule is CCSCc1ccccc1C(=O)NCc1nc(O)cc(=O)[nH]1. The van der Waals surface area contributed by atoms with Gasteiger partial charge in [-0.25, -0.2) is 0 Å². The third-order valence-corrected chi connectivity index (χ3v) is 3.84. The van der Waals surface area contributed by atoms with Gasteiger partial charge in [0.25, 0.3) is 11.5 Å². The van der Waals surface area contributed by atoms with Crippen LogP contribution < -0.4 is 10.9 Å². The summed E-state index contributed by atoms with van der Waals surface area (Å²) < 4.78 is 0. The number of nitrogens with one attached hydrogen (secondary N) is 2. The van der Waals surface area contributed by atoms with Crippen LogP contribution in [0.25, 0.3) is 0 Å². The average Bonchev–Trinajstić information content (AvgIpc) is 2.50. The first-order valence-electron chi connectivity index (χ1n) is 6.83. The van der Waals surface area contributed by atoms with Crippen LogP contribution >= 0.6 is 11.8 Å². The Labute approximate surface area is 132 Å². The van der Waals surface area contributed by atoms with Crippen molar-refractivity contribution < 1.29 is 9.90 Å². The molecule has 2 rings (SSSR count). The lowest BCUT2D eigenvalue weighted by Gasteiger charge is -2.09. The first-order chi connectivity index (χ1) is 10.6. The molecule has 0 aliphatic heterocycles. The largest absolute Gasteiger partial charge is 0.493 e. The number of aromatic nitrogens is 2. The summed E-state index contributed by atoms with van der Waals surface area (Å²) in [6, 6.07) is 8.37. The number of carbonyl (C=O) groups excluding carboxylic acids is 1. The molecule has 0 aliphatic rings. The number of nitrogens with zero attached hydrogens (tertiary/aromatic N) is 1. The summed E-state index contributed by atoms with van der Waals surface area (Å²) in [6.45, 7) is 2.11. The predicted molar refractivity (Wildman–Crippen MR) is 86.0 cm³/mol. The van der Waals surface area contributed by atoms with Crippen LogP contribution in [0.5, 0.6) is 5.88 Å². The first-order valence-corrected chi connectivity index (χ1v) is 7.98. The van der Waals surface area contributed by atoms with Crippen LogP contribution in [-0.2, 0) is 12.3 Å². The highest BCUT2D eigenvalue weighted by atomic mass is 32.2. The van der Waals surface area contributed by atoms with E-state index in [1.165, 1.54) is 0 Å². The van der Waals surface area contributed by atoms with E-state index in [1.54, 1.807) is 17.8 Å². The Hall–Kier alpha value is -2.28. The van der Waals surface area contributed by atoms with Crippen molar-refractivity contribution in [1.82, 2.24) is 15.3 Å². The molecule has 7 heteroatoms. The normalized spacial score (nSPS) is 10.4. The zero-order valence-corrected chi connectivity index (χ0v) is 12.9. The lowest BCUT2D eigenvalue weighted by molar-refractivity contribution is 0.0949. The predicted octanol–water partition coefficient (Wildman–Crippen LogP) is 1.66. The van der Waals surface area contributed by atoms with Crippen LogP contribution in [0, 0.1) is 0 Å². The number of aromatic hydroxyl groups is 1. The number of hydrogen-bond donors (Lipinski definition) is 3. The second kappa shape index (κ2) is 7.65. The molecule has 22 heavy (non-hydrogen) atoms. The van der Waals surface area contributed by atoms with Gasteiger partial charge in [0.05, 0.1) is 12.6 Å². The molecule has 1 amide bonds. The number of H-pyrrole nitrogens is 1. The standard InChI is InChI=1S/C15H17N3O3S/c1-2-22-9-10-5-3-4-6-11(10)15(21)16-8-12-17-13(19)7-14(20)18-12/h3-7H,2,8-9H2,1H3,(H,16,21)(H2,17,18,19,20). The van der Waals surface area contributed by atoms with Gasteiger partial charge in [-0.15, -0.1) is 0 Å². The number of hydrogen-bond acceptors (Lipinski definition) is 5. The highest BCUT2D eigenvalue weighted by molar-refractivity contribution is 7.98. The van der Waals surface area contributed by atoms with Gasteiger partial charge in [0.2, 0.25) is 5.88 Å². The highest BCUT2D eigenvalue weighted by Gasteiger charge is 2.11. The van der Waals surface area contributed by atoms with Crippen LogP contribution in [0.3, 0.4) is 0 Å². The molecule has 0 atom stereocenters. The lowest BCUT2D eigenvalue weighted by Crippen LogP contribution is -2.26. The number of amides is 1. The average molecular weight is 319 g/mol. The summed E-state index contributed by atoms with van der Waals surface area (Å²) in [7, 11) is 0. The molecule has 1 aromatic heterocycles. The monoisotopic (exact) mass is 319 g/mol. The zero-order chi connectivity index (χ0) is 15.9. The smallest absolute Gasteiger partial charge is 0.254 e. The molecule has 0 saturated carbocycles. The van der Waals surface area contributed by atoms with Gasteiger partial charge in [-0.2, -0.15) is 16.7 Å². The minimum Gasteiger partial charge on any atom is -0.493 e. The maximum absolute atomic E-state index is 12.3. The van der Waals surface area contributed by atoms with E-state index >= 15 is 0 Å². The summed E-state index contributed by atoms with van der Waals surface area (Å²) in [5.74, 6) is 1.34. The summed E-state index contributed by atoms with van der Waals surface area (Å²) >= 11 is 1.74. The van der Waals surface area contributed by atoms with E-state index in [1.807, 2.05) is 18.2 Å². The number of benzene rings is 1. The molecule has 116 valence electrons. The third-order valence-electron chi connectivity index (χ3n) is 2.92. The Morgan fingerprint density at radius 2 is 2.18 bits per heavy atom. The fraction of sp³-hybridized carbons (Fsp3) is 0.267. The van der Waals surface area contributed by atoms with Crippen molar-refractivity contribution in [2.24, 2.45) is 0 Å². The van der Waals surface area contributed by atoms with E-state index in [4.69, 9.17) is 0 Å². The first kappa shape index (κ1) is 16.1. The molecule has 1 aromatic carbocycles. The number of aromatic amines is 1. The summed E-state index contributed by atoms with van der Waals surface area (Å²) in [4.78, 5) is 29.7. The molecule has 0 fully saturated rings. The van der Waals surface area contributed by atoms with Gasteiger partial charge < -0.3 is 15.4 Å². The molecule has 0 saturated heterocycles. The molecule has 0 radical (unpaired) electrons. The van der Waals surface area contributed by atoms with E-state index in [0.717, 1.165) is 23.1 Å². The number of carbonyl (C=O) groups is 1. The minimum absolute atomic E-state index is 0.0394. The number of rotatable bonds is 6. The van der Waals surface area contributed by atoms with E-state index in [9.17, 15) is 14.7 Å². The Morgan fingerprint density at radius 3 is 2.91 bits per heavy atom. The quantitative estimate of drug-likeness (QED) is 0.752. The maximum Gasteiger partial charge on any atom is 0.254 e. The van der Waals surface area contributed by atoms with Crippen molar-refractivity contribution in [2.45, 2.75) is 19.2 Å². The van der Waals surface area contributed by atoms with Crippen LogP contribution in [0.4, 0.5) is 0 Å². The fourth-order valence-electron chi connectivity index (χ4n) is 1.92. The molecule has 0 aliphatic carbocycles. The second-order valence-corrected chi connectivity index (χ2v) is 5.80. The lowest BCUT2D eigenvalue weighted by atomic mass is 10.1. The second-order valence-electron chi connectivity index (χ2n) is 4.53. The molecule has 1 heterocycles. The van der Waals surface area contributed by atoms with Crippen LogP contribution in [0.1, 0.15) is 28.7 Å². The van der Waals surface area contributed by atoms with Crippen molar-refractivity contribution >= 4 is 17.7 Å². The van der Waals surface area contributed by atoms with Crippen molar-refractivity contribution in [3.05, 3.63) is 57.6 Å².